The summed E-state index contributed by atoms with van der Waals surface area (Å²) < 4.78 is 35.6. The lowest BCUT2D eigenvalue weighted by atomic mass is 9.88. The van der Waals surface area contributed by atoms with E-state index < -0.39 is 15.9 Å². The fraction of sp³-hybridized carbons (Fsp3) is 0.115. The van der Waals surface area contributed by atoms with E-state index in [0.717, 1.165) is 11.1 Å². The number of para-hydroxylation sites is 1. The van der Waals surface area contributed by atoms with Crippen molar-refractivity contribution in [3.05, 3.63) is 116 Å². The van der Waals surface area contributed by atoms with Gasteiger partial charge in [-0.1, -0.05) is 65.7 Å². The van der Waals surface area contributed by atoms with Crippen LogP contribution in [0.3, 0.4) is 0 Å². The Balaban J connectivity index is 1.75. The minimum absolute atomic E-state index is 0.00798. The molecule has 0 spiro atoms. The second-order valence-electron chi connectivity index (χ2n) is 8.18. The Bertz CT molecular complexity index is 1500. The highest BCUT2D eigenvalue weighted by molar-refractivity contribution is 7.96. The summed E-state index contributed by atoms with van der Waals surface area (Å²) in [6.45, 7) is 2.11. The Morgan fingerprint density at radius 1 is 1.06 bits per heavy atom. The van der Waals surface area contributed by atoms with Crippen molar-refractivity contribution in [1.82, 2.24) is 0 Å². The molecule has 3 aromatic rings. The number of nitrogens with zero attached hydrogens (tertiary/aromatic N) is 2. The molecule has 0 bridgehead atoms. The monoisotopic (exact) mass is 489 g/mol. The van der Waals surface area contributed by atoms with Gasteiger partial charge in [-0.15, -0.1) is 0 Å². The molecule has 8 heteroatoms. The minimum Gasteiger partial charge on any atom is -0.439 e. The summed E-state index contributed by atoms with van der Waals surface area (Å²) in [5.41, 5.74) is 9.77. The van der Waals surface area contributed by atoms with E-state index >= 15 is 0 Å². The van der Waals surface area contributed by atoms with Crippen LogP contribution in [0, 0.1) is 18.3 Å². The molecule has 6 nitrogen and oxygen atoms in total. The molecule has 2 aliphatic rings. The van der Waals surface area contributed by atoms with E-state index in [-0.39, 0.29) is 28.7 Å². The van der Waals surface area contributed by atoms with Crippen LogP contribution in [0.2, 0.25) is 5.02 Å². The molecule has 0 radical (unpaired) electrons. The third kappa shape index (κ3) is 3.52. The van der Waals surface area contributed by atoms with Gasteiger partial charge in [0, 0.05) is 10.6 Å². The standard InChI is InChI=1S/C26H20ClN3O3S/c1-16-6-8-17(9-7-16)15-30-22-5-3-2-4-20(22)24-25(34(30,31)32)23(21(14-28)26(29)33-24)18-10-12-19(27)13-11-18/h2-13,23H,15,29H2,1H3/t23-/m0/s1. The summed E-state index contributed by atoms with van der Waals surface area (Å²) in [6, 6.07) is 23.6. The predicted octanol–water partition coefficient (Wildman–Crippen LogP) is 5.17. The highest BCUT2D eigenvalue weighted by Crippen LogP contribution is 2.51. The first-order valence-corrected chi connectivity index (χ1v) is 12.4. The second kappa shape index (κ2) is 8.24. The molecule has 34 heavy (non-hydrogen) atoms. The maximum atomic E-state index is 14.2. The van der Waals surface area contributed by atoms with Gasteiger partial charge < -0.3 is 10.5 Å². The topological polar surface area (TPSA) is 96.4 Å². The van der Waals surface area contributed by atoms with Gasteiger partial charge in [0.15, 0.2) is 5.76 Å². The van der Waals surface area contributed by atoms with E-state index in [1.165, 1.54) is 4.31 Å². The van der Waals surface area contributed by atoms with Gasteiger partial charge in [0.1, 0.15) is 16.5 Å². The number of nitriles is 1. The SMILES string of the molecule is Cc1ccc(CN2c3ccccc3C3=C([C@@H](c4ccc(Cl)cc4)C(C#N)=C(N)O3)S2(=O)=O)cc1. The van der Waals surface area contributed by atoms with Crippen molar-refractivity contribution in [3.63, 3.8) is 0 Å². The molecule has 0 saturated carbocycles. The highest BCUT2D eigenvalue weighted by Gasteiger charge is 2.47. The number of nitrogens with two attached hydrogens (primary N) is 1. The van der Waals surface area contributed by atoms with Gasteiger partial charge in [-0.05, 0) is 42.3 Å². The molecule has 0 aromatic heterocycles. The maximum absolute atomic E-state index is 14.2. The molecule has 0 saturated heterocycles. The molecule has 2 aliphatic heterocycles. The minimum atomic E-state index is -4.11. The lowest BCUT2D eigenvalue weighted by molar-refractivity contribution is 0.357. The van der Waals surface area contributed by atoms with Gasteiger partial charge in [0.05, 0.1) is 18.2 Å². The molecular weight excluding hydrogens is 470 g/mol. The van der Waals surface area contributed by atoms with Crippen molar-refractivity contribution in [3.8, 4) is 6.07 Å². The smallest absolute Gasteiger partial charge is 0.265 e. The first kappa shape index (κ1) is 22.1. The lowest BCUT2D eigenvalue weighted by Crippen LogP contribution is -2.39. The number of halogens is 1. The zero-order valence-electron chi connectivity index (χ0n) is 18.2. The zero-order chi connectivity index (χ0) is 24.0. The lowest BCUT2D eigenvalue weighted by Gasteiger charge is -2.38. The molecule has 0 aliphatic carbocycles. The van der Waals surface area contributed by atoms with Gasteiger partial charge in [0.2, 0.25) is 5.88 Å². The van der Waals surface area contributed by atoms with Crippen LogP contribution in [0.25, 0.3) is 5.76 Å². The van der Waals surface area contributed by atoms with Crippen LogP contribution >= 0.6 is 11.6 Å². The molecule has 3 aromatic carbocycles. The van der Waals surface area contributed by atoms with E-state index in [1.807, 2.05) is 37.3 Å². The van der Waals surface area contributed by atoms with Crippen LogP contribution in [0.15, 0.2) is 89.2 Å². The number of aryl methyl sites for hydroxylation is 1. The van der Waals surface area contributed by atoms with Crippen molar-refractivity contribution in [2.24, 2.45) is 5.73 Å². The van der Waals surface area contributed by atoms with Crippen LogP contribution in [-0.4, -0.2) is 8.42 Å². The molecule has 1 atom stereocenters. The Kier molecular flexibility index (Phi) is 5.35. The van der Waals surface area contributed by atoms with Crippen molar-refractivity contribution in [2.45, 2.75) is 19.4 Å². The third-order valence-corrected chi connectivity index (χ3v) is 8.14. The summed E-state index contributed by atoms with van der Waals surface area (Å²) in [4.78, 5) is -0.00798. The summed E-state index contributed by atoms with van der Waals surface area (Å²) in [6.07, 6.45) is 0. The average molecular weight is 490 g/mol. The van der Waals surface area contributed by atoms with Crippen LogP contribution in [-0.2, 0) is 21.3 Å². The van der Waals surface area contributed by atoms with Crippen molar-refractivity contribution in [2.75, 3.05) is 4.31 Å². The quantitative estimate of drug-likeness (QED) is 0.547. The van der Waals surface area contributed by atoms with Crippen LogP contribution in [0.4, 0.5) is 5.69 Å². The summed E-state index contributed by atoms with van der Waals surface area (Å²) >= 11 is 6.07. The first-order valence-electron chi connectivity index (χ1n) is 10.6. The number of rotatable bonds is 3. The molecular formula is C26H20ClN3O3S. The number of fused-ring (bicyclic) bond motifs is 2. The van der Waals surface area contributed by atoms with Crippen molar-refractivity contribution >= 4 is 33.1 Å². The van der Waals surface area contributed by atoms with Crippen LogP contribution in [0.1, 0.15) is 28.2 Å². The van der Waals surface area contributed by atoms with E-state index in [4.69, 9.17) is 22.1 Å². The summed E-state index contributed by atoms with van der Waals surface area (Å²) in [5.74, 6) is -0.893. The van der Waals surface area contributed by atoms with Crippen molar-refractivity contribution < 1.29 is 13.2 Å². The number of hydrogen-bond acceptors (Lipinski definition) is 5. The fourth-order valence-corrected chi connectivity index (χ4v) is 6.37. The van der Waals surface area contributed by atoms with Gasteiger partial charge >= 0.3 is 0 Å². The third-order valence-electron chi connectivity index (χ3n) is 6.01. The number of anilines is 1. The number of benzene rings is 3. The van der Waals surface area contributed by atoms with E-state index in [2.05, 4.69) is 6.07 Å². The molecule has 0 fully saturated rings. The Morgan fingerprint density at radius 3 is 2.41 bits per heavy atom. The first-order chi connectivity index (χ1) is 16.3. The van der Waals surface area contributed by atoms with Gasteiger partial charge in [-0.25, -0.2) is 8.42 Å². The number of sulfonamides is 1. The predicted molar refractivity (Wildman–Crippen MR) is 132 cm³/mol. The van der Waals surface area contributed by atoms with E-state index in [0.29, 0.717) is 21.8 Å². The highest BCUT2D eigenvalue weighted by atomic mass is 35.5. The van der Waals surface area contributed by atoms with Gasteiger partial charge in [0.25, 0.3) is 10.0 Å². The molecule has 0 unspecified atom stereocenters. The average Bonchev–Trinajstić information content (AvgIpc) is 2.82. The molecule has 5 rings (SSSR count). The number of ether oxygens (including phenoxy) is 1. The number of hydrogen-bond donors (Lipinski definition) is 1. The van der Waals surface area contributed by atoms with Gasteiger partial charge in [-0.3, -0.25) is 4.31 Å². The van der Waals surface area contributed by atoms with Crippen molar-refractivity contribution in [1.29, 1.82) is 5.26 Å². The Labute approximate surface area is 203 Å². The molecule has 2 N–H and O–H groups in total. The second-order valence-corrected chi connectivity index (χ2v) is 10.5. The Morgan fingerprint density at radius 2 is 1.74 bits per heavy atom. The van der Waals surface area contributed by atoms with E-state index in [9.17, 15) is 13.7 Å². The zero-order valence-corrected chi connectivity index (χ0v) is 19.8. The van der Waals surface area contributed by atoms with Crippen LogP contribution < -0.4 is 10.0 Å². The van der Waals surface area contributed by atoms with Crippen LogP contribution in [0.5, 0.6) is 0 Å². The maximum Gasteiger partial charge on any atom is 0.265 e. The fourth-order valence-electron chi connectivity index (χ4n) is 4.33. The summed E-state index contributed by atoms with van der Waals surface area (Å²) in [5, 5.41) is 10.4. The Hall–Kier alpha value is -3.73. The summed E-state index contributed by atoms with van der Waals surface area (Å²) in [7, 11) is -4.11. The number of allylic oxidation sites excluding steroid dienone is 2. The molecule has 170 valence electrons. The normalized spacial score (nSPS) is 18.6. The molecule has 2 heterocycles. The largest absolute Gasteiger partial charge is 0.439 e. The molecule has 0 amide bonds. The van der Waals surface area contributed by atoms with E-state index in [1.54, 1.807) is 42.5 Å². The van der Waals surface area contributed by atoms with Gasteiger partial charge in [-0.2, -0.15) is 5.26 Å².